The highest BCUT2D eigenvalue weighted by Crippen LogP contribution is 2.20. The number of halogens is 4. The number of hydrogen-bond acceptors (Lipinski definition) is 12. The molecule has 0 amide bonds. The van der Waals surface area contributed by atoms with Crippen molar-refractivity contribution in [2.24, 2.45) is 0 Å². The summed E-state index contributed by atoms with van der Waals surface area (Å²) in [6, 6.07) is 33.0. The zero-order valence-corrected chi connectivity index (χ0v) is 59.4. The van der Waals surface area contributed by atoms with Crippen LogP contribution < -0.4 is 61.5 Å². The summed E-state index contributed by atoms with van der Waals surface area (Å²) in [4.78, 5) is 0. The summed E-state index contributed by atoms with van der Waals surface area (Å²) in [7, 11) is 6.96. The van der Waals surface area contributed by atoms with Crippen molar-refractivity contribution in [1.82, 2.24) is 42.5 Å². The van der Waals surface area contributed by atoms with Gasteiger partial charge in [-0.05, 0) is 180 Å². The average Bonchev–Trinajstić information content (AvgIpc) is 3.71. The maximum absolute atomic E-state index is 5.41. The standard InChI is InChI=1S/2C36H62N4O2.4ClH.H2O/c2*1-41-35-23-13-11-21-33(35)31-39-29-19-9-7-17-27-37-25-15-5-3-4-6-16-26-38-28-18-8-10-20-30-40-32-34-22-12-14-24-36(34)42-2;;;;;/h2*11-14,21-24,37-40H,3-10,15-20,25-32H2,1-2H3;4*1H;1H2. The third-order valence-corrected chi connectivity index (χ3v) is 15.8. The van der Waals surface area contributed by atoms with Gasteiger partial charge < -0.3 is 67.0 Å². The van der Waals surface area contributed by atoms with Gasteiger partial charge in [-0.1, -0.05) is 176 Å². The SMILES string of the molecule is COc1ccccc1CNCCCCCCNCCCCCCCCNCCCCCCNCc1ccccc1OC.COc1ccccc1CNCCCCCCNCCCCCCCCNCCCCCCNCc1ccccc1OC.Cl.Cl.Cl.Cl.O. The van der Waals surface area contributed by atoms with E-state index in [9.17, 15) is 0 Å². The van der Waals surface area contributed by atoms with Crippen LogP contribution in [0.25, 0.3) is 0 Å². The summed E-state index contributed by atoms with van der Waals surface area (Å²) in [6.45, 7) is 17.2. The molecule has 10 N–H and O–H groups in total. The molecule has 4 aromatic rings. The Labute approximate surface area is 568 Å². The maximum Gasteiger partial charge on any atom is 0.123 e. The van der Waals surface area contributed by atoms with E-state index in [1.54, 1.807) is 28.4 Å². The van der Waals surface area contributed by atoms with Crippen LogP contribution in [0.5, 0.6) is 23.0 Å². The van der Waals surface area contributed by atoms with E-state index in [0.717, 1.165) is 75.4 Å². The monoisotopic (exact) mass is 1330 g/mol. The Morgan fingerprint density at radius 3 is 0.494 bits per heavy atom. The van der Waals surface area contributed by atoms with Crippen molar-refractivity contribution in [3.05, 3.63) is 119 Å². The number of ether oxygens (including phenoxy) is 4. The first-order valence-corrected chi connectivity index (χ1v) is 33.8. The molecule has 13 nitrogen and oxygen atoms in total. The van der Waals surface area contributed by atoms with Crippen molar-refractivity contribution in [1.29, 1.82) is 0 Å². The molecule has 0 unspecified atom stereocenters. The fourth-order valence-corrected chi connectivity index (χ4v) is 10.6. The minimum atomic E-state index is 0. The summed E-state index contributed by atoms with van der Waals surface area (Å²) in [5.41, 5.74) is 4.94. The minimum absolute atomic E-state index is 0. The van der Waals surface area contributed by atoms with E-state index in [-0.39, 0.29) is 55.1 Å². The van der Waals surface area contributed by atoms with Gasteiger partial charge in [0.2, 0.25) is 0 Å². The van der Waals surface area contributed by atoms with Gasteiger partial charge >= 0.3 is 0 Å². The highest BCUT2D eigenvalue weighted by molar-refractivity contribution is 5.86. The van der Waals surface area contributed by atoms with Gasteiger partial charge in [0.15, 0.2) is 0 Å². The van der Waals surface area contributed by atoms with E-state index in [1.807, 2.05) is 48.5 Å². The molecule has 0 fully saturated rings. The Morgan fingerprint density at radius 2 is 0.337 bits per heavy atom. The van der Waals surface area contributed by atoms with Crippen molar-refractivity contribution in [3.8, 4) is 23.0 Å². The predicted molar refractivity (Wildman–Crippen MR) is 392 cm³/mol. The third-order valence-electron chi connectivity index (χ3n) is 15.8. The molecular formula is C72H130Cl4N8O5. The van der Waals surface area contributed by atoms with Gasteiger partial charge in [0, 0.05) is 48.4 Å². The summed E-state index contributed by atoms with van der Waals surface area (Å²) >= 11 is 0. The molecular weight excluding hydrogens is 1200 g/mol. The lowest BCUT2D eigenvalue weighted by atomic mass is 10.1. The smallest absolute Gasteiger partial charge is 0.123 e. The second kappa shape index (κ2) is 69.2. The van der Waals surface area contributed by atoms with Gasteiger partial charge in [0.05, 0.1) is 28.4 Å². The van der Waals surface area contributed by atoms with E-state index in [2.05, 4.69) is 91.1 Å². The molecule has 0 bridgehead atoms. The molecule has 89 heavy (non-hydrogen) atoms. The molecule has 0 aliphatic rings. The Hall–Kier alpha value is -3.12. The first kappa shape index (κ1) is 90.1. The second-order valence-electron chi connectivity index (χ2n) is 22.9. The number of hydrogen-bond donors (Lipinski definition) is 8. The lowest BCUT2D eigenvalue weighted by molar-refractivity contribution is 0.407. The predicted octanol–water partition coefficient (Wildman–Crippen LogP) is 15.3. The Bertz CT molecular complexity index is 1790. The number of para-hydroxylation sites is 4. The molecule has 0 heterocycles. The van der Waals surface area contributed by atoms with Gasteiger partial charge in [-0.3, -0.25) is 0 Å². The number of rotatable bonds is 58. The van der Waals surface area contributed by atoms with Crippen molar-refractivity contribution in [2.75, 3.05) is 107 Å². The summed E-state index contributed by atoms with van der Waals surface area (Å²) in [5.74, 6) is 3.90. The summed E-state index contributed by atoms with van der Waals surface area (Å²) in [5, 5.41) is 28.7. The van der Waals surface area contributed by atoms with Crippen LogP contribution in [0, 0.1) is 0 Å². The zero-order valence-electron chi connectivity index (χ0n) is 56.1. The van der Waals surface area contributed by atoms with Gasteiger partial charge in [0.1, 0.15) is 23.0 Å². The van der Waals surface area contributed by atoms with E-state index in [0.29, 0.717) is 0 Å². The second-order valence-corrected chi connectivity index (χ2v) is 22.9. The van der Waals surface area contributed by atoms with Gasteiger partial charge in [0.25, 0.3) is 0 Å². The van der Waals surface area contributed by atoms with Gasteiger partial charge in [-0.2, -0.15) is 0 Å². The maximum atomic E-state index is 5.41. The summed E-state index contributed by atoms with van der Waals surface area (Å²) < 4.78 is 21.6. The molecule has 0 aliphatic heterocycles. The van der Waals surface area contributed by atoms with Crippen LogP contribution in [0.15, 0.2) is 97.1 Å². The topological polar surface area (TPSA) is 165 Å². The molecule has 0 saturated carbocycles. The van der Waals surface area contributed by atoms with Crippen LogP contribution in [0.4, 0.5) is 0 Å². The lowest BCUT2D eigenvalue weighted by Crippen LogP contribution is -2.17. The fourth-order valence-electron chi connectivity index (χ4n) is 10.6. The highest BCUT2D eigenvalue weighted by atomic mass is 35.5. The normalized spacial score (nSPS) is 10.6. The van der Waals surface area contributed by atoms with Crippen molar-refractivity contribution >= 4 is 49.6 Å². The first-order valence-electron chi connectivity index (χ1n) is 33.8. The largest absolute Gasteiger partial charge is 0.496 e. The fraction of sp³-hybridized carbons (Fsp3) is 0.667. The molecule has 0 atom stereocenters. The van der Waals surface area contributed by atoms with E-state index >= 15 is 0 Å². The highest BCUT2D eigenvalue weighted by Gasteiger charge is 2.05. The number of methoxy groups -OCH3 is 4. The van der Waals surface area contributed by atoms with Crippen molar-refractivity contribution in [3.63, 3.8) is 0 Å². The Morgan fingerprint density at radius 1 is 0.202 bits per heavy atom. The number of benzene rings is 4. The van der Waals surface area contributed by atoms with Crippen molar-refractivity contribution < 1.29 is 24.4 Å². The molecule has 516 valence electrons. The zero-order chi connectivity index (χ0) is 59.5. The van der Waals surface area contributed by atoms with Crippen LogP contribution in [0.1, 0.15) is 202 Å². The third kappa shape index (κ3) is 51.0. The molecule has 0 saturated heterocycles. The van der Waals surface area contributed by atoms with Crippen molar-refractivity contribution in [2.45, 2.75) is 206 Å². The summed E-state index contributed by atoms with van der Waals surface area (Å²) in [6.07, 6.45) is 36.9. The van der Waals surface area contributed by atoms with E-state index in [4.69, 9.17) is 18.9 Å². The molecule has 4 aromatic carbocycles. The molecule has 0 aromatic heterocycles. The molecule has 0 aliphatic carbocycles. The van der Waals surface area contributed by atoms with Gasteiger partial charge in [-0.25, -0.2) is 0 Å². The van der Waals surface area contributed by atoms with Crippen LogP contribution >= 0.6 is 49.6 Å². The molecule has 0 radical (unpaired) electrons. The Balaban J connectivity index is -0.00000157. The first-order chi connectivity index (χ1) is 41.7. The quantitative estimate of drug-likeness (QED) is 0.0198. The molecule has 0 spiro atoms. The number of unbranched alkanes of at least 4 members (excludes halogenated alkanes) is 22. The number of nitrogens with one attached hydrogen (secondary N) is 8. The van der Waals surface area contributed by atoms with E-state index < -0.39 is 0 Å². The molecule has 17 heteroatoms. The van der Waals surface area contributed by atoms with E-state index in [1.165, 1.54) is 254 Å². The van der Waals surface area contributed by atoms with Gasteiger partial charge in [-0.15, -0.1) is 49.6 Å². The van der Waals surface area contributed by atoms with Crippen LogP contribution in [-0.4, -0.2) is 112 Å². The van der Waals surface area contributed by atoms with Crippen LogP contribution in [0.2, 0.25) is 0 Å². The molecule has 4 rings (SSSR count). The average molecular weight is 1330 g/mol. The Kier molecular flexibility index (Phi) is 70.1. The van der Waals surface area contributed by atoms with Crippen LogP contribution in [-0.2, 0) is 26.2 Å². The van der Waals surface area contributed by atoms with Crippen LogP contribution in [0.3, 0.4) is 0 Å². The lowest BCUT2D eigenvalue weighted by Gasteiger charge is -2.09. The minimum Gasteiger partial charge on any atom is -0.496 e.